The molecule has 0 aliphatic heterocycles. The first-order chi connectivity index (χ1) is 9.74. The maximum Gasteiger partial charge on any atom is 0.181 e. The summed E-state index contributed by atoms with van der Waals surface area (Å²) >= 11 is 0. The first kappa shape index (κ1) is 12.5. The summed E-state index contributed by atoms with van der Waals surface area (Å²) in [7, 11) is 0. The van der Waals surface area contributed by atoms with E-state index in [4.69, 9.17) is 8.94 Å². The summed E-state index contributed by atoms with van der Waals surface area (Å²) in [5.41, 5.74) is 4.02. The quantitative estimate of drug-likeness (QED) is 0.784. The average Bonchev–Trinajstić information content (AvgIpc) is 3.09. The second-order valence-electron chi connectivity index (χ2n) is 4.60. The third-order valence-corrected chi connectivity index (χ3v) is 3.23. The molecule has 3 rings (SSSR count). The molecule has 0 saturated carbocycles. The molecule has 0 aliphatic carbocycles. The van der Waals surface area contributed by atoms with E-state index in [1.54, 1.807) is 6.20 Å². The van der Waals surface area contributed by atoms with Crippen LogP contribution in [0.1, 0.15) is 17.0 Å². The lowest BCUT2D eigenvalue weighted by atomic mass is 10.1. The first-order valence-corrected chi connectivity index (χ1v) is 6.38. The highest BCUT2D eigenvalue weighted by atomic mass is 16.5. The molecule has 2 aromatic heterocycles. The molecule has 102 valence electrons. The molecule has 5 nitrogen and oxygen atoms in total. The van der Waals surface area contributed by atoms with Gasteiger partial charge in [0.1, 0.15) is 5.76 Å². The molecule has 1 N–H and O–H groups in total. The van der Waals surface area contributed by atoms with Crippen LogP contribution in [0.5, 0.6) is 0 Å². The fourth-order valence-electron chi connectivity index (χ4n) is 2.09. The van der Waals surface area contributed by atoms with Gasteiger partial charge in [-0.05, 0) is 26.0 Å². The van der Waals surface area contributed by atoms with Crippen LogP contribution in [0.15, 0.2) is 45.8 Å². The zero-order valence-electron chi connectivity index (χ0n) is 11.4. The van der Waals surface area contributed by atoms with E-state index in [2.05, 4.69) is 15.5 Å². The molecule has 1 aromatic carbocycles. The second kappa shape index (κ2) is 5.21. The Labute approximate surface area is 116 Å². The van der Waals surface area contributed by atoms with Gasteiger partial charge in [-0.2, -0.15) is 0 Å². The van der Waals surface area contributed by atoms with Crippen LogP contribution in [0, 0.1) is 13.8 Å². The first-order valence-electron chi connectivity index (χ1n) is 6.38. The molecule has 0 radical (unpaired) electrons. The molecule has 3 aromatic rings. The van der Waals surface area contributed by atoms with Gasteiger partial charge in [0.15, 0.2) is 12.2 Å². The highest BCUT2D eigenvalue weighted by Crippen LogP contribution is 2.23. The maximum atomic E-state index is 5.30. The molecule has 0 spiro atoms. The van der Waals surface area contributed by atoms with Crippen molar-refractivity contribution in [3.05, 3.63) is 53.9 Å². The Balaban J connectivity index is 1.77. The van der Waals surface area contributed by atoms with Gasteiger partial charge in [-0.25, -0.2) is 4.98 Å². The van der Waals surface area contributed by atoms with Crippen LogP contribution in [-0.2, 0) is 6.54 Å². The Kier molecular flexibility index (Phi) is 3.25. The van der Waals surface area contributed by atoms with Crippen LogP contribution in [0.2, 0.25) is 0 Å². The van der Waals surface area contributed by atoms with E-state index in [1.165, 1.54) is 6.39 Å². The topological polar surface area (TPSA) is 64.1 Å². The minimum Gasteiger partial charge on any atom is -0.444 e. The lowest BCUT2D eigenvalue weighted by Crippen LogP contribution is -2.01. The number of rotatable bonds is 4. The van der Waals surface area contributed by atoms with E-state index in [9.17, 15) is 0 Å². The van der Waals surface area contributed by atoms with Crippen LogP contribution in [-0.4, -0.2) is 10.1 Å². The molecule has 0 aliphatic rings. The number of aromatic nitrogens is 2. The Hall–Kier alpha value is -2.56. The number of hydrogen-bond acceptors (Lipinski definition) is 5. The van der Waals surface area contributed by atoms with Crippen molar-refractivity contribution in [1.29, 1.82) is 0 Å². The van der Waals surface area contributed by atoms with Crippen LogP contribution < -0.4 is 5.32 Å². The van der Waals surface area contributed by atoms with E-state index in [1.807, 2.05) is 38.1 Å². The van der Waals surface area contributed by atoms with E-state index in [0.717, 1.165) is 34.0 Å². The van der Waals surface area contributed by atoms with E-state index >= 15 is 0 Å². The average molecular weight is 269 g/mol. The Morgan fingerprint density at radius 3 is 2.85 bits per heavy atom. The monoisotopic (exact) mass is 269 g/mol. The van der Waals surface area contributed by atoms with Crippen molar-refractivity contribution in [3.63, 3.8) is 0 Å². The predicted octanol–water partition coefficient (Wildman–Crippen LogP) is 3.56. The zero-order valence-corrected chi connectivity index (χ0v) is 11.4. The largest absolute Gasteiger partial charge is 0.444 e. The molecule has 5 heteroatoms. The fourth-order valence-corrected chi connectivity index (χ4v) is 2.09. The van der Waals surface area contributed by atoms with E-state index < -0.39 is 0 Å². The van der Waals surface area contributed by atoms with Crippen molar-refractivity contribution in [3.8, 4) is 11.3 Å². The van der Waals surface area contributed by atoms with Crippen molar-refractivity contribution in [2.45, 2.75) is 20.4 Å². The summed E-state index contributed by atoms with van der Waals surface area (Å²) in [6.07, 6.45) is 3.13. The molecular weight excluding hydrogens is 254 g/mol. The molecule has 2 heterocycles. The normalized spacial score (nSPS) is 10.7. The molecule has 0 unspecified atom stereocenters. The Morgan fingerprint density at radius 1 is 1.25 bits per heavy atom. The van der Waals surface area contributed by atoms with Gasteiger partial charge in [0.05, 0.1) is 11.9 Å². The zero-order chi connectivity index (χ0) is 13.9. The lowest BCUT2D eigenvalue weighted by molar-refractivity contribution is 0.392. The van der Waals surface area contributed by atoms with Gasteiger partial charge in [-0.1, -0.05) is 17.3 Å². The summed E-state index contributed by atoms with van der Waals surface area (Å²) < 4.78 is 10.5. The highest BCUT2D eigenvalue weighted by Gasteiger charge is 2.08. The van der Waals surface area contributed by atoms with E-state index in [-0.39, 0.29) is 0 Å². The number of nitrogens with one attached hydrogen (secondary N) is 1. The van der Waals surface area contributed by atoms with Crippen LogP contribution >= 0.6 is 0 Å². The van der Waals surface area contributed by atoms with Crippen molar-refractivity contribution in [2.24, 2.45) is 0 Å². The van der Waals surface area contributed by atoms with Crippen LogP contribution in [0.25, 0.3) is 11.3 Å². The molecule has 0 fully saturated rings. The predicted molar refractivity (Wildman–Crippen MR) is 75.2 cm³/mol. The van der Waals surface area contributed by atoms with E-state index in [0.29, 0.717) is 6.54 Å². The smallest absolute Gasteiger partial charge is 0.181 e. The van der Waals surface area contributed by atoms with Gasteiger partial charge < -0.3 is 14.3 Å². The summed E-state index contributed by atoms with van der Waals surface area (Å²) in [5, 5.41) is 7.32. The third-order valence-electron chi connectivity index (χ3n) is 3.23. The van der Waals surface area contributed by atoms with Crippen molar-refractivity contribution >= 4 is 5.69 Å². The summed E-state index contributed by atoms with van der Waals surface area (Å²) in [6.45, 7) is 4.54. The minimum absolute atomic E-state index is 0.682. The molecular formula is C15H15N3O2. The molecule has 0 amide bonds. The van der Waals surface area contributed by atoms with Crippen LogP contribution in [0.3, 0.4) is 0 Å². The van der Waals surface area contributed by atoms with Gasteiger partial charge in [-0.3, -0.25) is 0 Å². The fraction of sp³-hybridized carbons (Fsp3) is 0.200. The number of benzene rings is 1. The molecule has 0 saturated heterocycles. The van der Waals surface area contributed by atoms with Crippen molar-refractivity contribution in [2.75, 3.05) is 5.32 Å². The summed E-state index contributed by atoms with van der Waals surface area (Å²) in [4.78, 5) is 3.93. The van der Waals surface area contributed by atoms with Gasteiger partial charge in [0, 0.05) is 23.4 Å². The highest BCUT2D eigenvalue weighted by molar-refractivity contribution is 5.63. The lowest BCUT2D eigenvalue weighted by Gasteiger charge is -2.07. The van der Waals surface area contributed by atoms with Crippen molar-refractivity contribution < 1.29 is 8.94 Å². The summed E-state index contributed by atoms with van der Waals surface area (Å²) in [6, 6.07) is 8.01. The number of oxazole rings is 1. The van der Waals surface area contributed by atoms with Gasteiger partial charge in [0.25, 0.3) is 0 Å². The molecule has 20 heavy (non-hydrogen) atoms. The molecule has 0 atom stereocenters. The molecule has 0 bridgehead atoms. The van der Waals surface area contributed by atoms with Crippen LogP contribution in [0.4, 0.5) is 5.69 Å². The van der Waals surface area contributed by atoms with Gasteiger partial charge in [0.2, 0.25) is 0 Å². The standard InChI is InChI=1S/C15H15N3O2/c1-10-14(11(2)20-18-10)7-17-13-5-3-4-12(6-13)15-8-16-9-19-15/h3-6,8-9,17H,7H2,1-2H3. The Bertz CT molecular complexity index is 682. The second-order valence-corrected chi connectivity index (χ2v) is 4.60. The summed E-state index contributed by atoms with van der Waals surface area (Å²) in [5.74, 6) is 1.60. The SMILES string of the molecule is Cc1noc(C)c1CNc1cccc(-c2cnco2)c1. The number of nitrogens with zero attached hydrogens (tertiary/aromatic N) is 2. The van der Waals surface area contributed by atoms with Gasteiger partial charge >= 0.3 is 0 Å². The Morgan fingerprint density at radius 2 is 2.15 bits per heavy atom. The third kappa shape index (κ3) is 2.42. The number of anilines is 1. The maximum absolute atomic E-state index is 5.30. The number of aryl methyl sites for hydroxylation is 2. The van der Waals surface area contributed by atoms with Crippen molar-refractivity contribution in [1.82, 2.24) is 10.1 Å². The minimum atomic E-state index is 0.682. The van der Waals surface area contributed by atoms with Gasteiger partial charge in [-0.15, -0.1) is 0 Å². The number of hydrogen-bond donors (Lipinski definition) is 1.